The third-order valence-corrected chi connectivity index (χ3v) is 4.52. The SMILES string of the molecule is CNc1ncc(Br)cc1S(=O)(=O)Nc1ccc(Cl)cc1. The molecule has 1 aromatic heterocycles. The molecule has 0 saturated carbocycles. The molecular weight excluding hydrogens is 366 g/mol. The molecule has 0 atom stereocenters. The third kappa shape index (κ3) is 3.41. The van der Waals surface area contributed by atoms with Crippen molar-refractivity contribution < 1.29 is 8.42 Å². The molecule has 106 valence electrons. The van der Waals surface area contributed by atoms with Crippen LogP contribution in [0.5, 0.6) is 0 Å². The lowest BCUT2D eigenvalue weighted by Gasteiger charge is -2.11. The van der Waals surface area contributed by atoms with Crippen LogP contribution in [0.15, 0.2) is 45.9 Å². The number of hydrogen-bond acceptors (Lipinski definition) is 4. The number of sulfonamides is 1. The van der Waals surface area contributed by atoms with E-state index in [2.05, 4.69) is 31.0 Å². The van der Waals surface area contributed by atoms with Crippen LogP contribution in [0, 0.1) is 0 Å². The summed E-state index contributed by atoms with van der Waals surface area (Å²) in [4.78, 5) is 4.08. The van der Waals surface area contributed by atoms with Gasteiger partial charge < -0.3 is 5.32 Å². The maximum absolute atomic E-state index is 12.4. The van der Waals surface area contributed by atoms with E-state index >= 15 is 0 Å². The number of aromatic nitrogens is 1. The van der Waals surface area contributed by atoms with Crippen molar-refractivity contribution in [1.82, 2.24) is 4.98 Å². The lowest BCUT2D eigenvalue weighted by atomic mass is 10.3. The molecule has 0 fully saturated rings. The van der Waals surface area contributed by atoms with Crippen molar-refractivity contribution in [3.8, 4) is 0 Å². The lowest BCUT2D eigenvalue weighted by Crippen LogP contribution is -2.15. The van der Waals surface area contributed by atoms with Gasteiger partial charge in [-0.1, -0.05) is 11.6 Å². The zero-order valence-corrected chi connectivity index (χ0v) is 13.6. The Bertz CT molecular complexity index is 720. The highest BCUT2D eigenvalue weighted by atomic mass is 79.9. The molecule has 2 rings (SSSR count). The maximum atomic E-state index is 12.4. The van der Waals surface area contributed by atoms with E-state index in [-0.39, 0.29) is 10.7 Å². The first-order valence-electron chi connectivity index (χ1n) is 5.54. The molecule has 20 heavy (non-hydrogen) atoms. The summed E-state index contributed by atoms with van der Waals surface area (Å²) in [6, 6.07) is 7.88. The summed E-state index contributed by atoms with van der Waals surface area (Å²) < 4.78 is 27.8. The average molecular weight is 377 g/mol. The number of halogens is 2. The molecule has 1 heterocycles. The van der Waals surface area contributed by atoms with Gasteiger partial charge >= 0.3 is 0 Å². The third-order valence-electron chi connectivity index (χ3n) is 2.44. The molecule has 0 aliphatic heterocycles. The summed E-state index contributed by atoms with van der Waals surface area (Å²) >= 11 is 8.98. The van der Waals surface area contributed by atoms with Gasteiger partial charge in [-0.3, -0.25) is 4.72 Å². The molecule has 5 nitrogen and oxygen atoms in total. The number of rotatable bonds is 4. The molecule has 0 saturated heterocycles. The van der Waals surface area contributed by atoms with Crippen LogP contribution in [-0.4, -0.2) is 20.4 Å². The average Bonchev–Trinajstić information content (AvgIpc) is 2.41. The number of anilines is 2. The Morgan fingerprint density at radius 2 is 1.90 bits per heavy atom. The van der Waals surface area contributed by atoms with Crippen molar-refractivity contribution in [3.05, 3.63) is 46.0 Å². The smallest absolute Gasteiger partial charge is 0.265 e. The van der Waals surface area contributed by atoms with Crippen molar-refractivity contribution >= 4 is 49.1 Å². The number of pyridine rings is 1. The van der Waals surface area contributed by atoms with E-state index in [9.17, 15) is 8.42 Å². The van der Waals surface area contributed by atoms with Crippen molar-refractivity contribution in [2.75, 3.05) is 17.1 Å². The van der Waals surface area contributed by atoms with Crippen LogP contribution in [0.1, 0.15) is 0 Å². The van der Waals surface area contributed by atoms with Crippen LogP contribution in [0.25, 0.3) is 0 Å². The molecule has 0 spiro atoms. The predicted octanol–water partition coefficient (Wildman–Crippen LogP) is 3.34. The summed E-state index contributed by atoms with van der Waals surface area (Å²) in [6.07, 6.45) is 1.52. The summed E-state index contributed by atoms with van der Waals surface area (Å²) in [7, 11) is -2.13. The highest BCUT2D eigenvalue weighted by molar-refractivity contribution is 9.10. The van der Waals surface area contributed by atoms with E-state index in [1.807, 2.05) is 0 Å². The molecular formula is C12H11BrClN3O2S. The Labute approximate surface area is 130 Å². The number of benzene rings is 1. The first-order valence-corrected chi connectivity index (χ1v) is 8.19. The van der Waals surface area contributed by atoms with Gasteiger partial charge in [0.1, 0.15) is 10.7 Å². The van der Waals surface area contributed by atoms with Gasteiger partial charge in [0.2, 0.25) is 0 Å². The summed E-state index contributed by atoms with van der Waals surface area (Å²) in [5.74, 6) is 0.273. The molecule has 0 aliphatic rings. The van der Waals surface area contributed by atoms with Gasteiger partial charge in [0.15, 0.2) is 0 Å². The Kier molecular flexibility index (Phi) is 4.52. The van der Waals surface area contributed by atoms with Gasteiger partial charge in [-0.05, 0) is 46.3 Å². The molecule has 0 unspecified atom stereocenters. The highest BCUT2D eigenvalue weighted by Crippen LogP contribution is 2.25. The monoisotopic (exact) mass is 375 g/mol. The van der Waals surface area contributed by atoms with Crippen LogP contribution in [-0.2, 0) is 10.0 Å². The van der Waals surface area contributed by atoms with Gasteiger partial charge in [0.25, 0.3) is 10.0 Å². The Balaban J connectivity index is 2.40. The molecule has 0 amide bonds. The number of nitrogens with zero attached hydrogens (tertiary/aromatic N) is 1. The summed E-state index contributed by atoms with van der Waals surface area (Å²) in [5, 5.41) is 3.29. The van der Waals surface area contributed by atoms with Crippen molar-refractivity contribution in [2.24, 2.45) is 0 Å². The number of hydrogen-bond donors (Lipinski definition) is 2. The fourth-order valence-electron chi connectivity index (χ4n) is 1.54. The van der Waals surface area contributed by atoms with Crippen LogP contribution < -0.4 is 10.0 Å². The van der Waals surface area contributed by atoms with Gasteiger partial charge in [-0.25, -0.2) is 13.4 Å². The predicted molar refractivity (Wildman–Crippen MR) is 83.7 cm³/mol. The Hall–Kier alpha value is -1.31. The van der Waals surface area contributed by atoms with Crippen LogP contribution in [0.2, 0.25) is 5.02 Å². The molecule has 2 aromatic rings. The molecule has 0 aliphatic carbocycles. The molecule has 8 heteroatoms. The van der Waals surface area contributed by atoms with E-state index in [1.165, 1.54) is 12.3 Å². The summed E-state index contributed by atoms with van der Waals surface area (Å²) in [6.45, 7) is 0. The first-order chi connectivity index (χ1) is 9.42. The number of nitrogens with one attached hydrogen (secondary N) is 2. The molecule has 0 radical (unpaired) electrons. The van der Waals surface area contributed by atoms with Gasteiger partial charge in [0.05, 0.1) is 0 Å². The van der Waals surface area contributed by atoms with Crippen LogP contribution >= 0.6 is 27.5 Å². The largest absolute Gasteiger partial charge is 0.372 e. The van der Waals surface area contributed by atoms with E-state index < -0.39 is 10.0 Å². The van der Waals surface area contributed by atoms with E-state index in [0.29, 0.717) is 15.2 Å². The zero-order valence-electron chi connectivity index (χ0n) is 10.4. The summed E-state index contributed by atoms with van der Waals surface area (Å²) in [5.41, 5.74) is 0.427. The van der Waals surface area contributed by atoms with Crippen molar-refractivity contribution in [1.29, 1.82) is 0 Å². The van der Waals surface area contributed by atoms with Gasteiger partial charge in [0, 0.05) is 28.4 Å². The zero-order chi connectivity index (χ0) is 14.8. The second kappa shape index (κ2) is 5.99. The van der Waals surface area contributed by atoms with E-state index in [1.54, 1.807) is 31.3 Å². The second-order valence-electron chi connectivity index (χ2n) is 3.86. The highest BCUT2D eigenvalue weighted by Gasteiger charge is 2.20. The lowest BCUT2D eigenvalue weighted by molar-refractivity contribution is 0.601. The van der Waals surface area contributed by atoms with Crippen LogP contribution in [0.3, 0.4) is 0 Å². The minimum absolute atomic E-state index is 0.0596. The van der Waals surface area contributed by atoms with Crippen molar-refractivity contribution in [2.45, 2.75) is 4.90 Å². The minimum atomic E-state index is -3.74. The Morgan fingerprint density at radius 3 is 2.50 bits per heavy atom. The fourth-order valence-corrected chi connectivity index (χ4v) is 3.40. The van der Waals surface area contributed by atoms with E-state index in [0.717, 1.165) is 0 Å². The second-order valence-corrected chi connectivity index (χ2v) is 6.87. The fraction of sp³-hybridized carbons (Fsp3) is 0.0833. The van der Waals surface area contributed by atoms with Gasteiger partial charge in [-0.15, -0.1) is 0 Å². The molecule has 0 bridgehead atoms. The van der Waals surface area contributed by atoms with Gasteiger partial charge in [-0.2, -0.15) is 0 Å². The first kappa shape index (κ1) is 15.1. The topological polar surface area (TPSA) is 71.1 Å². The molecule has 2 N–H and O–H groups in total. The van der Waals surface area contributed by atoms with Crippen LogP contribution in [0.4, 0.5) is 11.5 Å². The molecule has 1 aromatic carbocycles. The minimum Gasteiger partial charge on any atom is -0.372 e. The quantitative estimate of drug-likeness (QED) is 0.858. The van der Waals surface area contributed by atoms with E-state index in [4.69, 9.17) is 11.6 Å². The standard InChI is InChI=1S/C12H11BrClN3O2S/c1-15-12-11(6-8(13)7-16-12)20(18,19)17-10-4-2-9(14)3-5-10/h2-7,17H,1H3,(H,15,16). The van der Waals surface area contributed by atoms with Crippen molar-refractivity contribution in [3.63, 3.8) is 0 Å². The maximum Gasteiger partial charge on any atom is 0.265 e. The normalized spacial score (nSPS) is 11.2. The Morgan fingerprint density at radius 1 is 1.25 bits per heavy atom.